The molecule has 0 bridgehead atoms. The van der Waals surface area contributed by atoms with E-state index in [2.05, 4.69) is 10.2 Å². The molecule has 0 fully saturated rings. The maximum Gasteiger partial charge on any atom is 0.233 e. The molecule has 0 N–H and O–H groups in total. The summed E-state index contributed by atoms with van der Waals surface area (Å²) in [5.41, 5.74) is 0.925. The Balaban J connectivity index is 2.17. The molecule has 0 radical (unpaired) electrons. The van der Waals surface area contributed by atoms with Crippen LogP contribution in [-0.4, -0.2) is 44.4 Å². The molecule has 0 saturated heterocycles. The van der Waals surface area contributed by atoms with Crippen molar-refractivity contribution in [3.63, 3.8) is 0 Å². The second-order valence-corrected chi connectivity index (χ2v) is 6.29. The first kappa shape index (κ1) is 17.8. The van der Waals surface area contributed by atoms with E-state index in [4.69, 9.17) is 11.6 Å². The van der Waals surface area contributed by atoms with E-state index >= 15 is 0 Å². The van der Waals surface area contributed by atoms with Gasteiger partial charge in [0, 0.05) is 30.2 Å². The van der Waals surface area contributed by atoms with Crippen molar-refractivity contribution in [3.8, 4) is 11.4 Å². The molecule has 0 aliphatic carbocycles. The van der Waals surface area contributed by atoms with Crippen LogP contribution in [0.25, 0.3) is 11.4 Å². The van der Waals surface area contributed by atoms with Crippen LogP contribution in [0.1, 0.15) is 20.8 Å². The molecule has 1 amide bonds. The second-order valence-electron chi connectivity index (χ2n) is 4.92. The molecule has 1 heterocycles. The Hall–Kier alpha value is -1.53. The van der Waals surface area contributed by atoms with Gasteiger partial charge < -0.3 is 9.47 Å². The molecule has 0 atom stereocenters. The van der Waals surface area contributed by atoms with Crippen molar-refractivity contribution < 1.29 is 4.79 Å². The van der Waals surface area contributed by atoms with Crippen molar-refractivity contribution in [2.75, 3.05) is 18.8 Å². The number of thioether (sulfide) groups is 1. The molecule has 23 heavy (non-hydrogen) atoms. The molecule has 2 rings (SSSR count). The van der Waals surface area contributed by atoms with Crippen LogP contribution in [0.4, 0.5) is 0 Å². The van der Waals surface area contributed by atoms with Crippen molar-refractivity contribution in [1.29, 1.82) is 0 Å². The minimum atomic E-state index is 0.120. The maximum absolute atomic E-state index is 12.1. The molecular weight excluding hydrogens is 332 g/mol. The Bertz CT molecular complexity index is 670. The van der Waals surface area contributed by atoms with Crippen LogP contribution in [-0.2, 0) is 11.3 Å². The smallest absolute Gasteiger partial charge is 0.233 e. The van der Waals surface area contributed by atoms with Gasteiger partial charge in [-0.1, -0.05) is 35.5 Å². The maximum atomic E-state index is 12.1. The van der Waals surface area contributed by atoms with E-state index in [-0.39, 0.29) is 5.91 Å². The fourth-order valence-corrected chi connectivity index (χ4v) is 3.41. The molecule has 1 aromatic heterocycles. The summed E-state index contributed by atoms with van der Waals surface area (Å²) in [7, 11) is 0. The Morgan fingerprint density at radius 3 is 2.61 bits per heavy atom. The van der Waals surface area contributed by atoms with Crippen LogP contribution in [0.3, 0.4) is 0 Å². The van der Waals surface area contributed by atoms with Gasteiger partial charge in [-0.25, -0.2) is 0 Å². The highest BCUT2D eigenvalue weighted by Gasteiger charge is 2.16. The van der Waals surface area contributed by atoms with Crippen LogP contribution in [0.2, 0.25) is 5.02 Å². The number of halogens is 1. The number of aromatic nitrogens is 3. The molecule has 2 aromatic rings. The lowest BCUT2D eigenvalue weighted by molar-refractivity contribution is -0.127. The summed E-state index contributed by atoms with van der Waals surface area (Å²) < 4.78 is 2.01. The molecule has 7 heteroatoms. The molecule has 0 spiro atoms. The van der Waals surface area contributed by atoms with Gasteiger partial charge in [0.25, 0.3) is 0 Å². The number of hydrogen-bond acceptors (Lipinski definition) is 4. The number of amides is 1. The van der Waals surface area contributed by atoms with Gasteiger partial charge in [0.2, 0.25) is 5.91 Å². The second kappa shape index (κ2) is 8.36. The lowest BCUT2D eigenvalue weighted by Crippen LogP contribution is -2.31. The van der Waals surface area contributed by atoms with Gasteiger partial charge in [-0.2, -0.15) is 0 Å². The third kappa shape index (κ3) is 4.26. The Labute approximate surface area is 146 Å². The Kier molecular flexibility index (Phi) is 6.47. The monoisotopic (exact) mass is 352 g/mol. The first-order valence-electron chi connectivity index (χ1n) is 7.70. The molecular formula is C16H21ClN4OS. The molecule has 0 aliphatic rings. The molecule has 0 aliphatic heterocycles. The summed E-state index contributed by atoms with van der Waals surface area (Å²) in [4.78, 5) is 13.9. The average molecular weight is 353 g/mol. The summed E-state index contributed by atoms with van der Waals surface area (Å²) in [6, 6.07) is 7.55. The van der Waals surface area contributed by atoms with Crippen molar-refractivity contribution in [2.24, 2.45) is 0 Å². The highest BCUT2D eigenvalue weighted by molar-refractivity contribution is 7.99. The zero-order valence-electron chi connectivity index (χ0n) is 13.6. The zero-order valence-corrected chi connectivity index (χ0v) is 15.2. The van der Waals surface area contributed by atoms with E-state index in [0.29, 0.717) is 10.8 Å². The van der Waals surface area contributed by atoms with E-state index < -0.39 is 0 Å². The van der Waals surface area contributed by atoms with Crippen LogP contribution in [0.5, 0.6) is 0 Å². The van der Waals surface area contributed by atoms with E-state index in [9.17, 15) is 4.79 Å². The number of carbonyl (C=O) groups is 1. The number of hydrogen-bond donors (Lipinski definition) is 0. The van der Waals surface area contributed by atoms with Crippen molar-refractivity contribution in [1.82, 2.24) is 19.7 Å². The van der Waals surface area contributed by atoms with Gasteiger partial charge >= 0.3 is 0 Å². The number of rotatable bonds is 7. The first-order chi connectivity index (χ1) is 11.1. The zero-order chi connectivity index (χ0) is 16.8. The van der Waals surface area contributed by atoms with Gasteiger partial charge in [-0.15, -0.1) is 10.2 Å². The third-order valence-corrected chi connectivity index (χ3v) is 4.74. The number of benzene rings is 1. The fourth-order valence-electron chi connectivity index (χ4n) is 2.32. The normalized spacial score (nSPS) is 10.8. The van der Waals surface area contributed by atoms with E-state index in [1.807, 2.05) is 54.5 Å². The molecule has 0 unspecified atom stereocenters. The number of nitrogens with zero attached hydrogens (tertiary/aromatic N) is 4. The topological polar surface area (TPSA) is 51.0 Å². The third-order valence-electron chi connectivity index (χ3n) is 3.56. The van der Waals surface area contributed by atoms with Crippen LogP contribution in [0.15, 0.2) is 29.4 Å². The first-order valence-corrected chi connectivity index (χ1v) is 9.06. The summed E-state index contributed by atoms with van der Waals surface area (Å²) >= 11 is 7.48. The van der Waals surface area contributed by atoms with Crippen molar-refractivity contribution in [3.05, 3.63) is 29.3 Å². The average Bonchev–Trinajstić information content (AvgIpc) is 2.97. The molecule has 124 valence electrons. The molecule has 0 saturated carbocycles. The van der Waals surface area contributed by atoms with Crippen molar-refractivity contribution in [2.45, 2.75) is 32.5 Å². The predicted molar refractivity (Wildman–Crippen MR) is 94.8 cm³/mol. The molecule has 5 nitrogen and oxygen atoms in total. The van der Waals surface area contributed by atoms with Crippen LogP contribution < -0.4 is 0 Å². The largest absolute Gasteiger partial charge is 0.343 e. The SMILES string of the molecule is CCN(CC)C(=O)CSc1nnc(-c2cccc(Cl)c2)n1CC. The minimum absolute atomic E-state index is 0.120. The fraction of sp³-hybridized carbons (Fsp3) is 0.438. The van der Waals surface area contributed by atoms with Gasteiger partial charge in [0.05, 0.1) is 5.75 Å². The van der Waals surface area contributed by atoms with E-state index in [1.54, 1.807) is 0 Å². The lowest BCUT2D eigenvalue weighted by Gasteiger charge is -2.18. The van der Waals surface area contributed by atoms with Crippen molar-refractivity contribution >= 4 is 29.3 Å². The standard InChI is InChI=1S/C16H21ClN4OS/c1-4-20(5-2)14(22)11-23-16-19-18-15(21(16)6-3)12-8-7-9-13(17)10-12/h7-10H,4-6,11H2,1-3H3. The predicted octanol–water partition coefficient (Wildman–Crippen LogP) is 3.58. The lowest BCUT2D eigenvalue weighted by atomic mass is 10.2. The van der Waals surface area contributed by atoms with Gasteiger partial charge in [0.15, 0.2) is 11.0 Å². The van der Waals surface area contributed by atoms with Crippen LogP contribution >= 0.6 is 23.4 Å². The van der Waals surface area contributed by atoms with E-state index in [0.717, 1.165) is 36.2 Å². The number of carbonyl (C=O) groups excluding carboxylic acids is 1. The summed E-state index contributed by atoms with van der Waals surface area (Å²) in [6.07, 6.45) is 0. The summed E-state index contributed by atoms with van der Waals surface area (Å²) in [5.74, 6) is 1.26. The van der Waals surface area contributed by atoms with Gasteiger partial charge in [0.1, 0.15) is 0 Å². The quantitative estimate of drug-likeness (QED) is 0.715. The van der Waals surface area contributed by atoms with Gasteiger partial charge in [-0.3, -0.25) is 4.79 Å². The Morgan fingerprint density at radius 1 is 1.26 bits per heavy atom. The van der Waals surface area contributed by atoms with Gasteiger partial charge in [-0.05, 0) is 32.9 Å². The molecule has 1 aromatic carbocycles. The van der Waals surface area contributed by atoms with E-state index in [1.165, 1.54) is 11.8 Å². The summed E-state index contributed by atoms with van der Waals surface area (Å²) in [6.45, 7) is 8.19. The highest BCUT2D eigenvalue weighted by Crippen LogP contribution is 2.25. The Morgan fingerprint density at radius 2 is 2.00 bits per heavy atom. The summed E-state index contributed by atoms with van der Waals surface area (Å²) in [5, 5.41) is 9.93. The van der Waals surface area contributed by atoms with Crippen LogP contribution in [0, 0.1) is 0 Å². The highest BCUT2D eigenvalue weighted by atomic mass is 35.5. The minimum Gasteiger partial charge on any atom is -0.343 e.